The molecule has 1 rings (SSSR count). The van der Waals surface area contributed by atoms with Crippen molar-refractivity contribution in [3.05, 3.63) is 30.3 Å². The smallest absolute Gasteiger partial charge is 0.322 e. The summed E-state index contributed by atoms with van der Waals surface area (Å²) in [5, 5.41) is 15.3. The van der Waals surface area contributed by atoms with Crippen LogP contribution in [0.1, 0.15) is 0 Å². The lowest BCUT2D eigenvalue weighted by Gasteiger charge is -2.07. The average molecular weight is 251 g/mol. The van der Waals surface area contributed by atoms with Crippen molar-refractivity contribution in [3.8, 4) is 0 Å². The fourth-order valence-corrected chi connectivity index (χ4v) is 1.09. The van der Waals surface area contributed by atoms with Gasteiger partial charge in [-0.15, -0.1) is 0 Å². The number of benzene rings is 1. The molecule has 0 aliphatic carbocycles. The Bertz CT molecular complexity index is 433. The molecule has 0 saturated heterocycles. The summed E-state index contributed by atoms with van der Waals surface area (Å²) in [5.41, 5.74) is 0.598. The number of carbonyl (C=O) groups excluding carboxylic acids is 2. The zero-order valence-corrected chi connectivity index (χ0v) is 9.47. The molecule has 0 bridgehead atoms. The van der Waals surface area contributed by atoms with Gasteiger partial charge in [-0.1, -0.05) is 18.2 Å². The molecule has 0 heterocycles. The van der Waals surface area contributed by atoms with Gasteiger partial charge in [0.05, 0.1) is 6.54 Å². The molecular formula is C11H13N3O4. The van der Waals surface area contributed by atoms with Crippen LogP contribution in [0.3, 0.4) is 0 Å². The van der Waals surface area contributed by atoms with E-state index in [1.54, 1.807) is 24.3 Å². The van der Waals surface area contributed by atoms with Crippen LogP contribution in [0.25, 0.3) is 0 Å². The Morgan fingerprint density at radius 2 is 1.67 bits per heavy atom. The lowest BCUT2D eigenvalue weighted by Crippen LogP contribution is -2.40. The van der Waals surface area contributed by atoms with E-state index in [-0.39, 0.29) is 6.54 Å². The highest BCUT2D eigenvalue weighted by Crippen LogP contribution is 2.03. The Balaban J connectivity index is 2.25. The Morgan fingerprint density at radius 3 is 2.28 bits per heavy atom. The first-order chi connectivity index (χ1) is 8.58. The van der Waals surface area contributed by atoms with Crippen molar-refractivity contribution in [2.75, 3.05) is 18.4 Å². The third kappa shape index (κ3) is 5.50. The maximum absolute atomic E-state index is 11.3. The SMILES string of the molecule is O=C(O)CNC(=O)CNC(=O)Nc1ccccc1. The van der Waals surface area contributed by atoms with Crippen molar-refractivity contribution in [3.63, 3.8) is 0 Å². The molecule has 0 radical (unpaired) electrons. The molecule has 0 fully saturated rings. The molecule has 18 heavy (non-hydrogen) atoms. The third-order valence-electron chi connectivity index (χ3n) is 1.88. The molecule has 1 aromatic rings. The summed E-state index contributed by atoms with van der Waals surface area (Å²) in [5.74, 6) is -1.71. The number of anilines is 1. The Morgan fingerprint density at radius 1 is 1.00 bits per heavy atom. The number of para-hydroxylation sites is 1. The van der Waals surface area contributed by atoms with Gasteiger partial charge in [-0.05, 0) is 12.1 Å². The minimum absolute atomic E-state index is 0.286. The molecule has 0 atom stereocenters. The average Bonchev–Trinajstić information content (AvgIpc) is 2.35. The molecular weight excluding hydrogens is 238 g/mol. The maximum atomic E-state index is 11.3. The topological polar surface area (TPSA) is 108 Å². The zero-order chi connectivity index (χ0) is 13.4. The van der Waals surface area contributed by atoms with Crippen LogP contribution in [0.15, 0.2) is 30.3 Å². The van der Waals surface area contributed by atoms with Gasteiger partial charge in [-0.25, -0.2) is 4.79 Å². The lowest BCUT2D eigenvalue weighted by atomic mass is 10.3. The van der Waals surface area contributed by atoms with Crippen molar-refractivity contribution in [1.29, 1.82) is 0 Å². The third-order valence-corrected chi connectivity index (χ3v) is 1.88. The van der Waals surface area contributed by atoms with Gasteiger partial charge in [-0.2, -0.15) is 0 Å². The number of rotatable bonds is 5. The van der Waals surface area contributed by atoms with Gasteiger partial charge in [0.2, 0.25) is 5.91 Å². The summed E-state index contributed by atoms with van der Waals surface area (Å²) < 4.78 is 0. The van der Waals surface area contributed by atoms with Crippen LogP contribution in [0.4, 0.5) is 10.5 Å². The summed E-state index contributed by atoms with van der Waals surface area (Å²) in [6, 6.07) is 8.19. The molecule has 0 aliphatic heterocycles. The van der Waals surface area contributed by atoms with Gasteiger partial charge in [0.15, 0.2) is 0 Å². The van der Waals surface area contributed by atoms with Gasteiger partial charge < -0.3 is 21.1 Å². The van der Waals surface area contributed by atoms with Crippen LogP contribution in [0.2, 0.25) is 0 Å². The highest BCUT2D eigenvalue weighted by atomic mass is 16.4. The van der Waals surface area contributed by atoms with E-state index in [4.69, 9.17) is 5.11 Å². The maximum Gasteiger partial charge on any atom is 0.322 e. The summed E-state index contributed by atoms with van der Waals surface area (Å²) >= 11 is 0. The molecule has 3 amide bonds. The Labute approximate surface area is 103 Å². The van der Waals surface area contributed by atoms with Crippen LogP contribution < -0.4 is 16.0 Å². The number of urea groups is 1. The van der Waals surface area contributed by atoms with E-state index in [9.17, 15) is 14.4 Å². The summed E-state index contributed by atoms with van der Waals surface area (Å²) in [4.78, 5) is 32.6. The van der Waals surface area contributed by atoms with Gasteiger partial charge >= 0.3 is 12.0 Å². The van der Waals surface area contributed by atoms with E-state index in [1.165, 1.54) is 0 Å². The fraction of sp³-hybridized carbons (Fsp3) is 0.182. The van der Waals surface area contributed by atoms with Crippen molar-refractivity contribution in [1.82, 2.24) is 10.6 Å². The van der Waals surface area contributed by atoms with E-state index in [1.807, 2.05) is 6.07 Å². The number of carbonyl (C=O) groups is 3. The summed E-state index contributed by atoms with van der Waals surface area (Å²) in [7, 11) is 0. The van der Waals surface area contributed by atoms with Crippen LogP contribution in [0, 0.1) is 0 Å². The molecule has 7 heteroatoms. The molecule has 0 spiro atoms. The van der Waals surface area contributed by atoms with Crippen molar-refractivity contribution < 1.29 is 19.5 Å². The summed E-state index contributed by atoms with van der Waals surface area (Å²) in [6.45, 7) is -0.757. The molecule has 4 N–H and O–H groups in total. The summed E-state index contributed by atoms with van der Waals surface area (Å²) in [6.07, 6.45) is 0. The molecule has 0 aromatic heterocycles. The van der Waals surface area contributed by atoms with E-state index in [0.29, 0.717) is 5.69 Å². The van der Waals surface area contributed by atoms with Gasteiger partial charge in [-0.3, -0.25) is 9.59 Å². The Hall–Kier alpha value is -2.57. The lowest BCUT2D eigenvalue weighted by molar-refractivity contribution is -0.137. The first-order valence-electron chi connectivity index (χ1n) is 5.16. The van der Waals surface area contributed by atoms with Crippen molar-refractivity contribution in [2.45, 2.75) is 0 Å². The predicted molar refractivity (Wildman–Crippen MR) is 64.1 cm³/mol. The van der Waals surface area contributed by atoms with Gasteiger partial charge in [0.25, 0.3) is 0 Å². The highest BCUT2D eigenvalue weighted by molar-refractivity contribution is 5.92. The number of hydrogen-bond acceptors (Lipinski definition) is 3. The van der Waals surface area contributed by atoms with Crippen LogP contribution in [-0.4, -0.2) is 36.1 Å². The van der Waals surface area contributed by atoms with E-state index >= 15 is 0 Å². The molecule has 0 aliphatic rings. The van der Waals surface area contributed by atoms with Crippen molar-refractivity contribution in [2.24, 2.45) is 0 Å². The number of nitrogens with one attached hydrogen (secondary N) is 3. The Kier molecular flexibility index (Phi) is 5.17. The molecule has 96 valence electrons. The second-order valence-electron chi connectivity index (χ2n) is 3.34. The first kappa shape index (κ1) is 13.5. The van der Waals surface area contributed by atoms with Gasteiger partial charge in [0.1, 0.15) is 6.54 Å². The quantitative estimate of drug-likeness (QED) is 0.591. The fourth-order valence-electron chi connectivity index (χ4n) is 1.09. The predicted octanol–water partition coefficient (Wildman–Crippen LogP) is 0.00890. The zero-order valence-electron chi connectivity index (χ0n) is 9.47. The van der Waals surface area contributed by atoms with E-state index < -0.39 is 24.5 Å². The second-order valence-corrected chi connectivity index (χ2v) is 3.34. The van der Waals surface area contributed by atoms with Crippen molar-refractivity contribution >= 4 is 23.6 Å². The molecule has 7 nitrogen and oxygen atoms in total. The number of hydrogen-bond donors (Lipinski definition) is 4. The molecule has 0 saturated carbocycles. The number of aliphatic carboxylic acids is 1. The number of carboxylic acid groups (broad SMARTS) is 1. The van der Waals surface area contributed by atoms with E-state index in [2.05, 4.69) is 16.0 Å². The standard InChI is InChI=1S/C11H13N3O4/c15-9(12-7-10(16)17)6-13-11(18)14-8-4-2-1-3-5-8/h1-5H,6-7H2,(H,12,15)(H,16,17)(H2,13,14,18). The molecule has 0 unspecified atom stereocenters. The molecule has 1 aromatic carbocycles. The number of amides is 3. The minimum Gasteiger partial charge on any atom is -0.480 e. The van der Waals surface area contributed by atoms with Gasteiger partial charge in [0, 0.05) is 5.69 Å². The van der Waals surface area contributed by atoms with Crippen LogP contribution in [-0.2, 0) is 9.59 Å². The minimum atomic E-state index is -1.14. The largest absolute Gasteiger partial charge is 0.480 e. The number of carboxylic acids is 1. The van der Waals surface area contributed by atoms with Crippen LogP contribution >= 0.6 is 0 Å². The van der Waals surface area contributed by atoms with E-state index in [0.717, 1.165) is 0 Å². The monoisotopic (exact) mass is 251 g/mol. The van der Waals surface area contributed by atoms with Crippen LogP contribution in [0.5, 0.6) is 0 Å². The first-order valence-corrected chi connectivity index (χ1v) is 5.16. The normalized spacial score (nSPS) is 9.33. The highest BCUT2D eigenvalue weighted by Gasteiger charge is 2.06. The second kappa shape index (κ2) is 6.89.